The summed E-state index contributed by atoms with van der Waals surface area (Å²) < 4.78 is 0. The van der Waals surface area contributed by atoms with E-state index in [9.17, 15) is 14.7 Å². The lowest BCUT2D eigenvalue weighted by atomic mass is 10.1. The zero-order valence-electron chi connectivity index (χ0n) is 13.6. The summed E-state index contributed by atoms with van der Waals surface area (Å²) in [5.41, 5.74) is 1.67. The van der Waals surface area contributed by atoms with Crippen LogP contribution in [0.1, 0.15) is 35.1 Å². The Labute approximate surface area is 144 Å². The van der Waals surface area contributed by atoms with Gasteiger partial charge < -0.3 is 15.4 Å². The second-order valence-electron chi connectivity index (χ2n) is 5.57. The highest BCUT2D eigenvalue weighted by molar-refractivity contribution is 6.30. The Kier molecular flexibility index (Phi) is 6.11. The summed E-state index contributed by atoms with van der Waals surface area (Å²) in [5, 5.41) is 12.8. The normalized spacial score (nSPS) is 12.0. The standard InChI is InChI=1S/C17H20ClN3O3/c1-10-14(17(24)20-11(2)19-10)7-8-16(23)21-15(9-22)12-3-5-13(18)6-4-12/h3-6,15,22H,7-9H2,1-2H3,(H,21,23)(H,19,20,24). The van der Waals surface area contributed by atoms with Gasteiger partial charge >= 0.3 is 0 Å². The van der Waals surface area contributed by atoms with Crippen LogP contribution < -0.4 is 10.9 Å². The van der Waals surface area contributed by atoms with Gasteiger partial charge in [-0.25, -0.2) is 4.98 Å². The van der Waals surface area contributed by atoms with E-state index >= 15 is 0 Å². The molecule has 0 saturated heterocycles. The van der Waals surface area contributed by atoms with E-state index in [2.05, 4.69) is 15.3 Å². The molecule has 128 valence electrons. The quantitative estimate of drug-likeness (QED) is 0.741. The number of H-pyrrole nitrogens is 1. The third-order valence-electron chi connectivity index (χ3n) is 3.73. The van der Waals surface area contributed by atoms with Gasteiger partial charge in [-0.1, -0.05) is 23.7 Å². The molecule has 1 amide bonds. The van der Waals surface area contributed by atoms with E-state index in [-0.39, 0.29) is 24.5 Å². The number of hydrogen-bond donors (Lipinski definition) is 3. The summed E-state index contributed by atoms with van der Waals surface area (Å²) in [5.74, 6) is 0.303. The predicted molar refractivity (Wildman–Crippen MR) is 92.1 cm³/mol. The highest BCUT2D eigenvalue weighted by Crippen LogP contribution is 2.16. The van der Waals surface area contributed by atoms with Gasteiger partial charge in [0.2, 0.25) is 5.91 Å². The van der Waals surface area contributed by atoms with Crippen molar-refractivity contribution in [3.63, 3.8) is 0 Å². The number of nitrogens with zero attached hydrogens (tertiary/aromatic N) is 1. The molecule has 1 aromatic carbocycles. The van der Waals surface area contributed by atoms with Crippen LogP contribution in [-0.4, -0.2) is 27.6 Å². The van der Waals surface area contributed by atoms with Gasteiger partial charge in [-0.3, -0.25) is 9.59 Å². The predicted octanol–water partition coefficient (Wildman–Crippen LogP) is 1.82. The summed E-state index contributed by atoms with van der Waals surface area (Å²) in [6.07, 6.45) is 0.428. The Bertz CT molecular complexity index is 772. The number of hydrogen-bond acceptors (Lipinski definition) is 4. The summed E-state index contributed by atoms with van der Waals surface area (Å²) in [6.45, 7) is 3.24. The number of halogens is 1. The van der Waals surface area contributed by atoms with Gasteiger partial charge in [0.25, 0.3) is 5.56 Å². The summed E-state index contributed by atoms with van der Waals surface area (Å²) in [4.78, 5) is 30.9. The Hall–Kier alpha value is -2.18. The lowest BCUT2D eigenvalue weighted by Gasteiger charge is -2.17. The molecule has 0 aliphatic rings. The Morgan fingerprint density at radius 3 is 2.58 bits per heavy atom. The summed E-state index contributed by atoms with van der Waals surface area (Å²) in [7, 11) is 0. The second kappa shape index (κ2) is 8.08. The van der Waals surface area contributed by atoms with E-state index in [0.29, 0.717) is 28.5 Å². The van der Waals surface area contributed by atoms with Gasteiger partial charge in [-0.15, -0.1) is 0 Å². The molecule has 0 fully saturated rings. The Morgan fingerprint density at radius 1 is 1.33 bits per heavy atom. The average molecular weight is 350 g/mol. The van der Waals surface area contributed by atoms with Crippen LogP contribution in [0.3, 0.4) is 0 Å². The average Bonchev–Trinajstić information content (AvgIpc) is 2.52. The number of aromatic nitrogens is 2. The first-order valence-electron chi connectivity index (χ1n) is 7.62. The van der Waals surface area contributed by atoms with Crippen molar-refractivity contribution in [2.75, 3.05) is 6.61 Å². The number of carbonyl (C=O) groups is 1. The Balaban J connectivity index is 2.00. The number of amides is 1. The molecule has 24 heavy (non-hydrogen) atoms. The smallest absolute Gasteiger partial charge is 0.254 e. The van der Waals surface area contributed by atoms with Crippen molar-refractivity contribution in [1.29, 1.82) is 0 Å². The largest absolute Gasteiger partial charge is 0.394 e. The molecule has 0 radical (unpaired) electrons. The molecule has 6 nitrogen and oxygen atoms in total. The maximum absolute atomic E-state index is 12.1. The highest BCUT2D eigenvalue weighted by atomic mass is 35.5. The molecule has 1 atom stereocenters. The van der Waals surface area contributed by atoms with Crippen LogP contribution in [0.4, 0.5) is 0 Å². The van der Waals surface area contributed by atoms with Crippen molar-refractivity contribution in [1.82, 2.24) is 15.3 Å². The van der Waals surface area contributed by atoms with Crippen LogP contribution in [-0.2, 0) is 11.2 Å². The van der Waals surface area contributed by atoms with E-state index in [1.807, 2.05) is 0 Å². The number of aryl methyl sites for hydroxylation is 2. The van der Waals surface area contributed by atoms with E-state index in [0.717, 1.165) is 5.56 Å². The van der Waals surface area contributed by atoms with Crippen molar-refractivity contribution in [3.8, 4) is 0 Å². The van der Waals surface area contributed by atoms with Gasteiger partial charge in [0, 0.05) is 22.7 Å². The van der Waals surface area contributed by atoms with Gasteiger partial charge in [-0.2, -0.15) is 0 Å². The molecule has 1 unspecified atom stereocenters. The van der Waals surface area contributed by atoms with E-state index in [1.54, 1.807) is 38.1 Å². The molecular weight excluding hydrogens is 330 g/mol. The van der Waals surface area contributed by atoms with Crippen LogP contribution in [0.15, 0.2) is 29.1 Å². The number of aliphatic hydroxyl groups excluding tert-OH is 1. The van der Waals surface area contributed by atoms with Crippen LogP contribution in [0, 0.1) is 13.8 Å². The minimum absolute atomic E-state index is 0.138. The lowest BCUT2D eigenvalue weighted by Crippen LogP contribution is -2.31. The summed E-state index contributed by atoms with van der Waals surface area (Å²) in [6, 6.07) is 6.40. The van der Waals surface area contributed by atoms with Crippen LogP contribution in [0.25, 0.3) is 0 Å². The maximum atomic E-state index is 12.1. The third kappa shape index (κ3) is 4.66. The molecule has 2 aromatic rings. The zero-order chi connectivity index (χ0) is 17.7. The monoisotopic (exact) mass is 349 g/mol. The van der Waals surface area contributed by atoms with Crippen LogP contribution >= 0.6 is 11.6 Å². The van der Waals surface area contributed by atoms with Crippen molar-refractivity contribution in [2.24, 2.45) is 0 Å². The molecule has 1 heterocycles. The van der Waals surface area contributed by atoms with Gasteiger partial charge in [0.15, 0.2) is 0 Å². The third-order valence-corrected chi connectivity index (χ3v) is 3.98. The highest BCUT2D eigenvalue weighted by Gasteiger charge is 2.15. The maximum Gasteiger partial charge on any atom is 0.254 e. The minimum atomic E-state index is -0.509. The van der Waals surface area contributed by atoms with Crippen molar-refractivity contribution in [2.45, 2.75) is 32.7 Å². The summed E-state index contributed by atoms with van der Waals surface area (Å²) >= 11 is 5.84. The number of rotatable bonds is 6. The first-order valence-corrected chi connectivity index (χ1v) is 8.00. The number of aliphatic hydroxyl groups is 1. The van der Waals surface area contributed by atoms with Crippen LogP contribution in [0.5, 0.6) is 0 Å². The molecule has 0 saturated carbocycles. The second-order valence-corrected chi connectivity index (χ2v) is 6.01. The van der Waals surface area contributed by atoms with E-state index in [4.69, 9.17) is 11.6 Å². The van der Waals surface area contributed by atoms with Gasteiger partial charge in [-0.05, 0) is 38.0 Å². The molecular formula is C17H20ClN3O3. The van der Waals surface area contributed by atoms with Crippen LogP contribution in [0.2, 0.25) is 5.02 Å². The molecule has 2 rings (SSSR count). The first-order chi connectivity index (χ1) is 11.4. The Morgan fingerprint density at radius 2 is 2.00 bits per heavy atom. The van der Waals surface area contributed by atoms with E-state index in [1.165, 1.54) is 0 Å². The number of benzene rings is 1. The fourth-order valence-corrected chi connectivity index (χ4v) is 2.61. The minimum Gasteiger partial charge on any atom is -0.394 e. The SMILES string of the molecule is Cc1nc(C)c(CCC(=O)NC(CO)c2ccc(Cl)cc2)c(=O)[nH]1. The van der Waals surface area contributed by atoms with Gasteiger partial charge in [0.1, 0.15) is 5.82 Å². The number of carbonyl (C=O) groups excluding carboxylic acids is 1. The molecule has 3 N–H and O–H groups in total. The first kappa shape index (κ1) is 18.2. The van der Waals surface area contributed by atoms with E-state index < -0.39 is 6.04 Å². The van der Waals surface area contributed by atoms with Crippen molar-refractivity contribution >= 4 is 17.5 Å². The molecule has 1 aromatic heterocycles. The van der Waals surface area contributed by atoms with Crippen molar-refractivity contribution < 1.29 is 9.90 Å². The molecule has 0 aliphatic heterocycles. The molecule has 7 heteroatoms. The fourth-order valence-electron chi connectivity index (χ4n) is 2.48. The fraction of sp³-hybridized carbons (Fsp3) is 0.353. The zero-order valence-corrected chi connectivity index (χ0v) is 14.4. The molecule has 0 bridgehead atoms. The number of aromatic amines is 1. The molecule has 0 spiro atoms. The molecule has 0 aliphatic carbocycles. The topological polar surface area (TPSA) is 95.1 Å². The number of nitrogens with one attached hydrogen (secondary N) is 2. The lowest BCUT2D eigenvalue weighted by molar-refractivity contribution is -0.122. The van der Waals surface area contributed by atoms with Gasteiger partial charge in [0.05, 0.1) is 12.6 Å². The van der Waals surface area contributed by atoms with Crippen molar-refractivity contribution in [3.05, 3.63) is 62.3 Å².